The number of aryl methyl sites for hydroxylation is 1. The molecule has 0 fully saturated rings. The molecule has 0 spiro atoms. The van der Waals surface area contributed by atoms with E-state index in [0.717, 1.165) is 5.56 Å². The van der Waals surface area contributed by atoms with Crippen molar-refractivity contribution in [3.63, 3.8) is 0 Å². The minimum Gasteiger partial charge on any atom is -0.477 e. The topological polar surface area (TPSA) is 83.2 Å². The van der Waals surface area contributed by atoms with Crippen LogP contribution in [0.2, 0.25) is 0 Å². The van der Waals surface area contributed by atoms with Crippen molar-refractivity contribution >= 4 is 5.97 Å². The monoisotopic (exact) mass is 268 g/mol. The van der Waals surface area contributed by atoms with E-state index >= 15 is 0 Å². The number of carbonyl (C=O) groups is 1. The molecule has 0 radical (unpaired) electrons. The van der Waals surface area contributed by atoms with Crippen molar-refractivity contribution in [3.8, 4) is 17.6 Å². The van der Waals surface area contributed by atoms with Gasteiger partial charge in [0.2, 0.25) is 0 Å². The number of ether oxygens (including phenoxy) is 1. The lowest BCUT2D eigenvalue weighted by molar-refractivity contribution is 0.0693. The van der Waals surface area contributed by atoms with Gasteiger partial charge in [-0.15, -0.1) is 0 Å². The molecule has 1 N–H and O–H groups in total. The van der Waals surface area contributed by atoms with Crippen LogP contribution in [0.25, 0.3) is 0 Å². The van der Waals surface area contributed by atoms with Crippen molar-refractivity contribution in [2.45, 2.75) is 13.3 Å². The molecule has 2 aromatic rings. The van der Waals surface area contributed by atoms with Crippen LogP contribution < -0.4 is 4.74 Å². The molecule has 5 heteroatoms. The van der Waals surface area contributed by atoms with Gasteiger partial charge < -0.3 is 9.84 Å². The fourth-order valence-corrected chi connectivity index (χ4v) is 1.67. The van der Waals surface area contributed by atoms with Gasteiger partial charge in [0.15, 0.2) is 0 Å². The van der Waals surface area contributed by atoms with E-state index in [-0.39, 0.29) is 11.3 Å². The van der Waals surface area contributed by atoms with E-state index in [1.54, 1.807) is 37.3 Å². The number of carboxylic acids is 1. The van der Waals surface area contributed by atoms with Crippen molar-refractivity contribution < 1.29 is 14.6 Å². The Morgan fingerprint density at radius 2 is 2.10 bits per heavy atom. The van der Waals surface area contributed by atoms with Crippen molar-refractivity contribution in [1.82, 2.24) is 4.98 Å². The van der Waals surface area contributed by atoms with Crippen molar-refractivity contribution in [1.29, 1.82) is 5.26 Å². The molecular weight excluding hydrogens is 256 g/mol. The molecule has 1 aromatic heterocycles. The first-order valence-corrected chi connectivity index (χ1v) is 5.94. The number of pyridine rings is 1. The lowest BCUT2D eigenvalue weighted by Gasteiger charge is -2.09. The molecular formula is C15H12N2O3. The van der Waals surface area contributed by atoms with E-state index in [0.29, 0.717) is 17.9 Å². The summed E-state index contributed by atoms with van der Waals surface area (Å²) in [5.74, 6) is -0.327. The molecule has 1 heterocycles. The Balaban J connectivity index is 2.27. The third kappa shape index (κ3) is 3.12. The number of benzene rings is 1. The molecule has 0 unspecified atom stereocenters. The molecule has 0 atom stereocenters. The van der Waals surface area contributed by atoms with E-state index < -0.39 is 5.97 Å². The smallest absolute Gasteiger partial charge is 0.341 e. The number of nitriles is 1. The largest absolute Gasteiger partial charge is 0.477 e. The Labute approximate surface area is 116 Å². The zero-order valence-electron chi connectivity index (χ0n) is 10.8. The maximum atomic E-state index is 11.1. The fourth-order valence-electron chi connectivity index (χ4n) is 1.67. The SMILES string of the molecule is Cc1cc(Oc2ccc(CC#N)cc2)c(C(=O)O)cn1. The van der Waals surface area contributed by atoms with Gasteiger partial charge in [0.05, 0.1) is 12.5 Å². The Morgan fingerprint density at radius 3 is 2.70 bits per heavy atom. The summed E-state index contributed by atoms with van der Waals surface area (Å²) < 4.78 is 5.58. The Morgan fingerprint density at radius 1 is 1.40 bits per heavy atom. The number of nitrogens with zero attached hydrogens (tertiary/aromatic N) is 2. The first kappa shape index (κ1) is 13.6. The van der Waals surface area contributed by atoms with Crippen LogP contribution >= 0.6 is 0 Å². The maximum Gasteiger partial charge on any atom is 0.341 e. The molecule has 0 saturated heterocycles. The molecule has 0 amide bonds. The highest BCUT2D eigenvalue weighted by Gasteiger charge is 2.13. The summed E-state index contributed by atoms with van der Waals surface area (Å²) in [5.41, 5.74) is 1.56. The summed E-state index contributed by atoms with van der Waals surface area (Å²) in [6.07, 6.45) is 1.60. The van der Waals surface area contributed by atoms with Crippen LogP contribution in [-0.2, 0) is 6.42 Å². The minimum atomic E-state index is -1.09. The number of hydrogen-bond donors (Lipinski definition) is 1. The highest BCUT2D eigenvalue weighted by atomic mass is 16.5. The molecule has 0 aliphatic rings. The first-order valence-electron chi connectivity index (χ1n) is 5.94. The van der Waals surface area contributed by atoms with E-state index in [9.17, 15) is 4.79 Å². The highest BCUT2D eigenvalue weighted by molar-refractivity contribution is 5.90. The molecule has 0 aliphatic heterocycles. The van der Waals surface area contributed by atoms with Crippen LogP contribution in [-0.4, -0.2) is 16.1 Å². The van der Waals surface area contributed by atoms with E-state index in [1.165, 1.54) is 6.20 Å². The Hall–Kier alpha value is -2.87. The average Bonchev–Trinajstić information content (AvgIpc) is 2.41. The van der Waals surface area contributed by atoms with Crippen LogP contribution in [0.1, 0.15) is 21.6 Å². The summed E-state index contributed by atoms with van der Waals surface area (Å²) >= 11 is 0. The number of carboxylic acid groups (broad SMARTS) is 1. The van der Waals surface area contributed by atoms with Gasteiger partial charge >= 0.3 is 5.97 Å². The number of aromatic nitrogens is 1. The lowest BCUT2D eigenvalue weighted by atomic mass is 10.1. The predicted octanol–water partition coefficient (Wildman–Crippen LogP) is 2.95. The third-order valence-electron chi connectivity index (χ3n) is 2.67. The summed E-state index contributed by atoms with van der Waals surface area (Å²) in [6.45, 7) is 1.76. The maximum absolute atomic E-state index is 11.1. The minimum absolute atomic E-state index is 0.0108. The normalized spacial score (nSPS) is 9.80. The van der Waals surface area contributed by atoms with Crippen molar-refractivity contribution in [2.75, 3.05) is 0 Å². The standard InChI is InChI=1S/C15H12N2O3/c1-10-8-14(13(9-17-10)15(18)19)20-12-4-2-11(3-5-12)6-7-16/h2-5,8-9H,6H2,1H3,(H,18,19). The predicted molar refractivity (Wildman–Crippen MR) is 71.8 cm³/mol. The summed E-state index contributed by atoms with van der Waals surface area (Å²) in [6, 6.07) is 10.6. The van der Waals surface area contributed by atoms with Crippen LogP contribution in [0.4, 0.5) is 0 Å². The van der Waals surface area contributed by atoms with Crippen molar-refractivity contribution in [2.24, 2.45) is 0 Å². The van der Waals surface area contributed by atoms with Crippen LogP contribution in [0, 0.1) is 18.3 Å². The van der Waals surface area contributed by atoms with Crippen LogP contribution in [0.5, 0.6) is 11.5 Å². The van der Waals surface area contributed by atoms with Gasteiger partial charge in [-0.1, -0.05) is 12.1 Å². The van der Waals surface area contributed by atoms with Gasteiger partial charge in [-0.3, -0.25) is 4.98 Å². The van der Waals surface area contributed by atoms with E-state index in [1.807, 2.05) is 0 Å². The van der Waals surface area contributed by atoms with E-state index in [4.69, 9.17) is 15.1 Å². The second-order valence-corrected chi connectivity index (χ2v) is 4.21. The molecule has 5 nitrogen and oxygen atoms in total. The zero-order valence-corrected chi connectivity index (χ0v) is 10.8. The molecule has 1 aromatic carbocycles. The number of rotatable bonds is 4. The molecule has 100 valence electrons. The van der Waals surface area contributed by atoms with Gasteiger partial charge in [0, 0.05) is 18.0 Å². The molecule has 20 heavy (non-hydrogen) atoms. The number of hydrogen-bond acceptors (Lipinski definition) is 4. The first-order chi connectivity index (χ1) is 9.60. The summed E-state index contributed by atoms with van der Waals surface area (Å²) in [5, 5.41) is 17.7. The van der Waals surface area contributed by atoms with Crippen LogP contribution in [0.15, 0.2) is 36.5 Å². The lowest BCUT2D eigenvalue weighted by Crippen LogP contribution is -2.01. The molecule has 0 saturated carbocycles. The van der Waals surface area contributed by atoms with Crippen LogP contribution in [0.3, 0.4) is 0 Å². The van der Waals surface area contributed by atoms with Gasteiger partial charge in [0.25, 0.3) is 0 Å². The van der Waals surface area contributed by atoms with E-state index in [2.05, 4.69) is 11.1 Å². The second-order valence-electron chi connectivity index (χ2n) is 4.21. The molecule has 0 bridgehead atoms. The average molecular weight is 268 g/mol. The zero-order chi connectivity index (χ0) is 14.5. The Kier molecular flexibility index (Phi) is 3.96. The Bertz CT molecular complexity index is 673. The van der Waals surface area contributed by atoms with Crippen molar-refractivity contribution in [3.05, 3.63) is 53.3 Å². The number of aromatic carboxylic acids is 1. The second kappa shape index (κ2) is 5.85. The summed E-state index contributed by atoms with van der Waals surface area (Å²) in [4.78, 5) is 15.1. The quantitative estimate of drug-likeness (QED) is 0.921. The molecule has 0 aliphatic carbocycles. The fraction of sp³-hybridized carbons (Fsp3) is 0.133. The van der Waals surface area contributed by atoms with Gasteiger partial charge in [-0.25, -0.2) is 4.79 Å². The molecule has 2 rings (SSSR count). The van der Waals surface area contributed by atoms with Gasteiger partial charge in [0.1, 0.15) is 17.1 Å². The van der Waals surface area contributed by atoms with Gasteiger partial charge in [-0.05, 0) is 24.6 Å². The third-order valence-corrected chi connectivity index (χ3v) is 2.67. The summed E-state index contributed by atoms with van der Waals surface area (Å²) in [7, 11) is 0. The van der Waals surface area contributed by atoms with Gasteiger partial charge in [-0.2, -0.15) is 5.26 Å². The highest BCUT2D eigenvalue weighted by Crippen LogP contribution is 2.26.